The first-order valence-corrected chi connectivity index (χ1v) is 10.3. The van der Waals surface area contributed by atoms with Gasteiger partial charge in [-0.25, -0.2) is 5.43 Å². The summed E-state index contributed by atoms with van der Waals surface area (Å²) in [6.07, 6.45) is 0.697. The van der Waals surface area contributed by atoms with E-state index in [0.29, 0.717) is 6.42 Å². The normalized spacial score (nSPS) is 12.1. The Hall–Kier alpha value is -1.66. The molecule has 1 heterocycles. The predicted molar refractivity (Wildman–Crippen MR) is 113 cm³/mol. The first kappa shape index (κ1) is 20.6. The predicted octanol–water partition coefficient (Wildman–Crippen LogP) is 6.01. The Morgan fingerprint density at radius 3 is 2.42 bits per heavy atom. The fourth-order valence-electron chi connectivity index (χ4n) is 2.58. The smallest absolute Gasteiger partial charge is 0.275 e. The summed E-state index contributed by atoms with van der Waals surface area (Å²) in [7, 11) is 0. The number of nitrogens with zero attached hydrogens (tertiary/aromatic N) is 1. The summed E-state index contributed by atoms with van der Waals surface area (Å²) < 4.78 is 1.02. The summed E-state index contributed by atoms with van der Waals surface area (Å²) in [5.41, 5.74) is 5.49. The number of hydrogen-bond acceptors (Lipinski definition) is 4. The quantitative estimate of drug-likeness (QED) is 0.430. The highest BCUT2D eigenvalue weighted by molar-refractivity contribution is 9.11. The van der Waals surface area contributed by atoms with Crippen LogP contribution in [0.3, 0.4) is 0 Å². The molecule has 0 bridgehead atoms. The Labute approximate surface area is 167 Å². The lowest BCUT2D eigenvalue weighted by Gasteiger charge is -2.16. The fraction of sp³-hybridized carbons (Fsp3) is 0.400. The van der Waals surface area contributed by atoms with Crippen LogP contribution in [-0.4, -0.2) is 16.7 Å². The van der Waals surface area contributed by atoms with Crippen molar-refractivity contribution in [3.63, 3.8) is 0 Å². The number of aromatic hydroxyl groups is 1. The molecular weight excluding hydrogens is 412 g/mol. The minimum Gasteiger partial charge on any atom is -0.507 e. The second-order valence-corrected chi connectivity index (χ2v) is 9.24. The van der Waals surface area contributed by atoms with Crippen molar-refractivity contribution in [3.8, 4) is 5.75 Å². The van der Waals surface area contributed by atoms with Crippen molar-refractivity contribution in [3.05, 3.63) is 49.6 Å². The van der Waals surface area contributed by atoms with E-state index in [4.69, 9.17) is 0 Å². The average molecular weight is 437 g/mol. The molecule has 0 unspecified atom stereocenters. The van der Waals surface area contributed by atoms with E-state index in [0.717, 1.165) is 25.5 Å². The SMILES string of the molecule is CCC(=NNC(=O)c1cc(C(C)C)cc(C(C)C)c1O)c1ccc(Br)s1. The van der Waals surface area contributed by atoms with E-state index in [9.17, 15) is 9.90 Å². The van der Waals surface area contributed by atoms with Gasteiger partial charge in [-0.2, -0.15) is 5.10 Å². The minimum absolute atomic E-state index is 0.0361. The number of phenols is 1. The molecule has 0 radical (unpaired) electrons. The lowest BCUT2D eigenvalue weighted by atomic mass is 9.92. The van der Waals surface area contributed by atoms with Crippen molar-refractivity contribution in [2.75, 3.05) is 0 Å². The summed E-state index contributed by atoms with van der Waals surface area (Å²) in [4.78, 5) is 13.7. The van der Waals surface area contributed by atoms with E-state index in [1.165, 1.54) is 0 Å². The second kappa shape index (κ2) is 8.82. The van der Waals surface area contributed by atoms with E-state index in [-0.39, 0.29) is 23.1 Å². The van der Waals surface area contributed by atoms with Crippen molar-refractivity contribution >= 4 is 38.9 Å². The topological polar surface area (TPSA) is 61.7 Å². The molecule has 0 saturated carbocycles. The Morgan fingerprint density at radius 1 is 1.23 bits per heavy atom. The highest BCUT2D eigenvalue weighted by Gasteiger charge is 2.19. The summed E-state index contributed by atoms with van der Waals surface area (Å²) in [5.74, 6) is 0.0266. The molecule has 1 aromatic heterocycles. The number of carbonyl (C=O) groups is 1. The van der Waals surface area contributed by atoms with Gasteiger partial charge in [0.15, 0.2) is 0 Å². The number of nitrogens with one attached hydrogen (secondary N) is 1. The van der Waals surface area contributed by atoms with Crippen molar-refractivity contribution in [1.29, 1.82) is 0 Å². The third-order valence-corrected chi connectivity index (χ3v) is 5.85. The zero-order valence-electron chi connectivity index (χ0n) is 15.8. The molecule has 1 aromatic carbocycles. The zero-order chi connectivity index (χ0) is 19.4. The lowest BCUT2D eigenvalue weighted by Crippen LogP contribution is -2.20. The number of benzene rings is 1. The van der Waals surface area contributed by atoms with Crippen LogP contribution in [-0.2, 0) is 0 Å². The van der Waals surface area contributed by atoms with Gasteiger partial charge in [-0.05, 0) is 63.5 Å². The maximum absolute atomic E-state index is 12.7. The molecule has 0 aliphatic carbocycles. The number of carbonyl (C=O) groups excluding carboxylic acids is 1. The van der Waals surface area contributed by atoms with Gasteiger partial charge in [0.25, 0.3) is 5.91 Å². The largest absolute Gasteiger partial charge is 0.507 e. The van der Waals surface area contributed by atoms with Crippen LogP contribution in [0.4, 0.5) is 0 Å². The van der Waals surface area contributed by atoms with Crippen LogP contribution < -0.4 is 5.43 Å². The minimum atomic E-state index is -0.395. The maximum atomic E-state index is 12.7. The molecule has 0 saturated heterocycles. The summed E-state index contributed by atoms with van der Waals surface area (Å²) in [6.45, 7) is 10.1. The van der Waals surface area contributed by atoms with Gasteiger partial charge in [0, 0.05) is 0 Å². The van der Waals surface area contributed by atoms with E-state index in [1.54, 1.807) is 17.4 Å². The fourth-order valence-corrected chi connectivity index (χ4v) is 4.03. The van der Waals surface area contributed by atoms with Gasteiger partial charge in [-0.3, -0.25) is 4.79 Å². The number of hydrogen-bond donors (Lipinski definition) is 2. The highest BCUT2D eigenvalue weighted by Crippen LogP contribution is 2.33. The van der Waals surface area contributed by atoms with E-state index >= 15 is 0 Å². The second-order valence-electron chi connectivity index (χ2n) is 6.77. The Balaban J connectivity index is 2.35. The van der Waals surface area contributed by atoms with Crippen LogP contribution >= 0.6 is 27.3 Å². The Kier molecular flexibility index (Phi) is 7.01. The van der Waals surface area contributed by atoms with Crippen LogP contribution in [0.1, 0.15) is 79.2 Å². The van der Waals surface area contributed by atoms with Crippen molar-refractivity contribution in [2.24, 2.45) is 5.10 Å². The molecule has 26 heavy (non-hydrogen) atoms. The standard InChI is InChI=1S/C20H25BrN2O2S/c1-6-16(17-7-8-18(21)26-17)22-23-20(25)15-10-13(11(2)3)9-14(12(4)5)19(15)24/h7-12,24H,6H2,1-5H3,(H,23,25). The lowest BCUT2D eigenvalue weighted by molar-refractivity contribution is 0.0952. The monoisotopic (exact) mass is 436 g/mol. The molecule has 2 rings (SSSR count). The molecule has 0 spiro atoms. The number of rotatable bonds is 6. The number of hydrazone groups is 1. The number of thiophene rings is 1. The Bertz CT molecular complexity index is 825. The highest BCUT2D eigenvalue weighted by atomic mass is 79.9. The third kappa shape index (κ3) is 4.74. The molecule has 1 amide bonds. The number of halogens is 1. The summed E-state index contributed by atoms with van der Waals surface area (Å²) >= 11 is 5.01. The number of phenolic OH excluding ortho intramolecular Hbond substituents is 1. The van der Waals surface area contributed by atoms with Crippen LogP contribution in [0, 0.1) is 0 Å². The van der Waals surface area contributed by atoms with Crippen LogP contribution in [0.2, 0.25) is 0 Å². The number of amides is 1. The Morgan fingerprint density at radius 2 is 1.92 bits per heavy atom. The molecule has 2 N–H and O–H groups in total. The molecule has 6 heteroatoms. The van der Waals surface area contributed by atoms with Gasteiger partial charge < -0.3 is 5.11 Å². The first-order chi connectivity index (χ1) is 12.2. The zero-order valence-corrected chi connectivity index (χ0v) is 18.2. The molecule has 0 fully saturated rings. The molecule has 4 nitrogen and oxygen atoms in total. The van der Waals surface area contributed by atoms with E-state index in [2.05, 4.69) is 40.3 Å². The van der Waals surface area contributed by atoms with Gasteiger partial charge >= 0.3 is 0 Å². The molecule has 140 valence electrons. The van der Waals surface area contributed by atoms with Crippen molar-refractivity contribution in [1.82, 2.24) is 5.43 Å². The van der Waals surface area contributed by atoms with Gasteiger partial charge in [0.05, 0.1) is 19.9 Å². The molecule has 2 aromatic rings. The molecule has 0 atom stereocenters. The van der Waals surface area contributed by atoms with Crippen LogP contribution in [0.5, 0.6) is 5.75 Å². The van der Waals surface area contributed by atoms with E-state index < -0.39 is 5.91 Å². The van der Waals surface area contributed by atoms with Gasteiger partial charge in [0.2, 0.25) is 0 Å². The van der Waals surface area contributed by atoms with Gasteiger partial charge in [0.1, 0.15) is 5.75 Å². The van der Waals surface area contributed by atoms with E-state index in [1.807, 2.05) is 39.0 Å². The summed E-state index contributed by atoms with van der Waals surface area (Å²) in [6, 6.07) is 7.66. The average Bonchev–Trinajstić information content (AvgIpc) is 3.01. The van der Waals surface area contributed by atoms with Gasteiger partial charge in [-0.1, -0.05) is 40.7 Å². The summed E-state index contributed by atoms with van der Waals surface area (Å²) in [5, 5.41) is 14.9. The van der Waals surface area contributed by atoms with Crippen molar-refractivity contribution < 1.29 is 9.90 Å². The van der Waals surface area contributed by atoms with Crippen molar-refractivity contribution in [2.45, 2.75) is 52.9 Å². The molecule has 0 aliphatic heterocycles. The molecule has 0 aliphatic rings. The van der Waals surface area contributed by atoms with Gasteiger partial charge in [-0.15, -0.1) is 11.3 Å². The van der Waals surface area contributed by atoms with Crippen LogP contribution in [0.15, 0.2) is 33.2 Å². The molecular formula is C20H25BrN2O2S. The third-order valence-electron chi connectivity index (χ3n) is 4.18. The maximum Gasteiger partial charge on any atom is 0.275 e. The first-order valence-electron chi connectivity index (χ1n) is 8.73. The van der Waals surface area contributed by atoms with Crippen LogP contribution in [0.25, 0.3) is 0 Å².